The molecular weight excluding hydrogens is 472 g/mol. The van der Waals surface area contributed by atoms with Gasteiger partial charge in [-0.15, -0.1) is 0 Å². The van der Waals surface area contributed by atoms with Crippen molar-refractivity contribution < 1.29 is 28.7 Å². The van der Waals surface area contributed by atoms with E-state index in [0.29, 0.717) is 29.8 Å². The van der Waals surface area contributed by atoms with E-state index in [9.17, 15) is 19.2 Å². The van der Waals surface area contributed by atoms with Gasteiger partial charge in [0.05, 0.1) is 22.3 Å². The first-order valence-corrected chi connectivity index (χ1v) is 12.7. The van der Waals surface area contributed by atoms with Gasteiger partial charge in [0.25, 0.3) is 11.8 Å². The molecule has 0 bridgehead atoms. The molecule has 0 spiro atoms. The van der Waals surface area contributed by atoms with Gasteiger partial charge in [-0.2, -0.15) is 0 Å². The molecule has 8 heteroatoms. The lowest BCUT2D eigenvalue weighted by atomic mass is 9.89. The monoisotopic (exact) mass is 508 g/mol. The van der Waals surface area contributed by atoms with E-state index in [4.69, 9.17) is 9.47 Å². The molecule has 0 saturated carbocycles. The number of nitrogens with zero attached hydrogens (tertiary/aromatic N) is 2. The number of benzene rings is 1. The van der Waals surface area contributed by atoms with Gasteiger partial charge in [-0.1, -0.05) is 26.0 Å². The molecule has 2 aliphatic heterocycles. The van der Waals surface area contributed by atoms with Crippen LogP contribution in [0.3, 0.4) is 0 Å². The van der Waals surface area contributed by atoms with E-state index in [-0.39, 0.29) is 41.3 Å². The smallest absolute Gasteiger partial charge is 0.341 e. The summed E-state index contributed by atoms with van der Waals surface area (Å²) in [5.41, 5.74) is 0.719. The van der Waals surface area contributed by atoms with E-state index in [1.807, 2.05) is 4.57 Å². The van der Waals surface area contributed by atoms with E-state index in [1.54, 1.807) is 65.8 Å². The molecule has 0 saturated heterocycles. The SMILES string of the molecule is CC1(C)Cc2c(C(=O)OC(C)(C)C)c(C(=O)OC(C)(C)C)c(CCN3C(=O)c4ccccc4C3=O)n2C1. The van der Waals surface area contributed by atoms with Crippen LogP contribution in [0, 0.1) is 5.41 Å². The number of fused-ring (bicyclic) bond motifs is 2. The van der Waals surface area contributed by atoms with Crippen LogP contribution in [0.5, 0.6) is 0 Å². The normalized spacial score (nSPS) is 16.6. The molecule has 0 radical (unpaired) electrons. The highest BCUT2D eigenvalue weighted by Crippen LogP contribution is 2.40. The largest absolute Gasteiger partial charge is 0.456 e. The third kappa shape index (κ3) is 5.20. The van der Waals surface area contributed by atoms with Crippen molar-refractivity contribution in [3.05, 3.63) is 57.9 Å². The zero-order chi connectivity index (χ0) is 27.5. The third-order valence-corrected chi connectivity index (χ3v) is 6.37. The summed E-state index contributed by atoms with van der Waals surface area (Å²) < 4.78 is 13.4. The Morgan fingerprint density at radius 1 is 0.865 bits per heavy atom. The highest BCUT2D eigenvalue weighted by atomic mass is 16.6. The molecule has 3 heterocycles. The number of amides is 2. The van der Waals surface area contributed by atoms with Crippen molar-refractivity contribution in [2.75, 3.05) is 6.54 Å². The van der Waals surface area contributed by atoms with E-state index in [0.717, 1.165) is 5.69 Å². The van der Waals surface area contributed by atoms with Gasteiger partial charge in [0.1, 0.15) is 11.2 Å². The van der Waals surface area contributed by atoms with E-state index in [2.05, 4.69) is 13.8 Å². The third-order valence-electron chi connectivity index (χ3n) is 6.37. The van der Waals surface area contributed by atoms with Crippen LogP contribution in [0.1, 0.15) is 108 Å². The molecule has 37 heavy (non-hydrogen) atoms. The Morgan fingerprint density at radius 3 is 1.84 bits per heavy atom. The van der Waals surface area contributed by atoms with Crippen molar-refractivity contribution >= 4 is 23.8 Å². The summed E-state index contributed by atoms with van der Waals surface area (Å²) >= 11 is 0. The summed E-state index contributed by atoms with van der Waals surface area (Å²) in [6.45, 7) is 15.5. The van der Waals surface area contributed by atoms with Crippen LogP contribution in [0.2, 0.25) is 0 Å². The lowest BCUT2D eigenvalue weighted by Crippen LogP contribution is -2.33. The zero-order valence-electron chi connectivity index (χ0n) is 23.0. The summed E-state index contributed by atoms with van der Waals surface area (Å²) in [6, 6.07) is 6.73. The first-order chi connectivity index (χ1) is 17.0. The summed E-state index contributed by atoms with van der Waals surface area (Å²) in [5, 5.41) is 0. The number of hydrogen-bond acceptors (Lipinski definition) is 6. The molecule has 2 aromatic rings. The van der Waals surface area contributed by atoms with Crippen molar-refractivity contribution in [3.63, 3.8) is 0 Å². The summed E-state index contributed by atoms with van der Waals surface area (Å²) in [5.74, 6) is -1.92. The first kappa shape index (κ1) is 26.6. The van der Waals surface area contributed by atoms with Crippen LogP contribution in [0.15, 0.2) is 24.3 Å². The van der Waals surface area contributed by atoms with Crippen molar-refractivity contribution in [1.82, 2.24) is 9.47 Å². The molecule has 0 unspecified atom stereocenters. The highest BCUT2D eigenvalue weighted by molar-refractivity contribution is 6.21. The minimum atomic E-state index is -0.784. The van der Waals surface area contributed by atoms with Gasteiger partial charge >= 0.3 is 11.9 Å². The Labute approximate surface area is 217 Å². The molecular formula is C29H36N2O6. The summed E-state index contributed by atoms with van der Waals surface area (Å²) in [4.78, 5) is 54.2. The Morgan fingerprint density at radius 2 is 1.35 bits per heavy atom. The molecule has 0 atom stereocenters. The minimum Gasteiger partial charge on any atom is -0.456 e. The van der Waals surface area contributed by atoms with Crippen LogP contribution in [0.25, 0.3) is 0 Å². The zero-order valence-corrected chi connectivity index (χ0v) is 23.0. The maximum Gasteiger partial charge on any atom is 0.341 e. The maximum absolute atomic E-state index is 13.6. The molecule has 198 valence electrons. The van der Waals surface area contributed by atoms with Crippen molar-refractivity contribution in [3.8, 4) is 0 Å². The summed E-state index contributed by atoms with van der Waals surface area (Å²) in [6.07, 6.45) is 0.774. The molecule has 0 fully saturated rings. The first-order valence-electron chi connectivity index (χ1n) is 12.7. The molecule has 2 amide bonds. The van der Waals surface area contributed by atoms with E-state index >= 15 is 0 Å². The fourth-order valence-electron chi connectivity index (χ4n) is 5.05. The van der Waals surface area contributed by atoms with Gasteiger partial charge in [-0.25, -0.2) is 9.59 Å². The lowest BCUT2D eigenvalue weighted by molar-refractivity contribution is 0.00178. The van der Waals surface area contributed by atoms with E-state index in [1.165, 1.54) is 4.90 Å². The number of esters is 2. The Hall–Kier alpha value is -3.42. The molecule has 4 rings (SSSR count). The number of aromatic nitrogens is 1. The topological polar surface area (TPSA) is 94.9 Å². The Kier molecular flexibility index (Phi) is 6.37. The quantitative estimate of drug-likeness (QED) is 0.425. The van der Waals surface area contributed by atoms with Crippen LogP contribution in [0.4, 0.5) is 0 Å². The van der Waals surface area contributed by atoms with Gasteiger partial charge in [0.15, 0.2) is 0 Å². The number of imide groups is 1. The fraction of sp³-hybridized carbons (Fsp3) is 0.517. The molecule has 1 aromatic carbocycles. The Bertz CT molecular complexity index is 1270. The maximum atomic E-state index is 13.6. The second-order valence-electron chi connectivity index (χ2n) is 12.6. The second kappa shape index (κ2) is 8.85. The van der Waals surface area contributed by atoms with Crippen LogP contribution in [-0.2, 0) is 28.9 Å². The van der Waals surface area contributed by atoms with E-state index < -0.39 is 23.1 Å². The molecule has 0 aliphatic carbocycles. The van der Waals surface area contributed by atoms with Crippen molar-refractivity contribution in [1.29, 1.82) is 0 Å². The predicted octanol–water partition coefficient (Wildman–Crippen LogP) is 4.82. The van der Waals surface area contributed by atoms with Gasteiger partial charge in [-0.05, 0) is 65.5 Å². The average molecular weight is 509 g/mol. The molecule has 2 aliphatic rings. The number of ether oxygens (including phenoxy) is 2. The number of hydrogen-bond donors (Lipinski definition) is 0. The Balaban J connectivity index is 1.79. The predicted molar refractivity (Wildman–Crippen MR) is 138 cm³/mol. The molecule has 1 aromatic heterocycles. The fourth-order valence-corrected chi connectivity index (χ4v) is 5.05. The van der Waals surface area contributed by atoms with Crippen molar-refractivity contribution in [2.24, 2.45) is 5.41 Å². The summed E-state index contributed by atoms with van der Waals surface area (Å²) in [7, 11) is 0. The number of carbonyl (C=O) groups is 4. The van der Waals surface area contributed by atoms with Crippen LogP contribution < -0.4 is 0 Å². The minimum absolute atomic E-state index is 0.0692. The highest BCUT2D eigenvalue weighted by Gasteiger charge is 2.42. The lowest BCUT2D eigenvalue weighted by Gasteiger charge is -2.23. The molecule has 0 N–H and O–H groups in total. The molecule has 8 nitrogen and oxygen atoms in total. The number of carbonyl (C=O) groups excluding carboxylic acids is 4. The average Bonchev–Trinajstić information content (AvgIpc) is 3.29. The van der Waals surface area contributed by atoms with Crippen LogP contribution in [-0.4, -0.2) is 51.0 Å². The van der Waals surface area contributed by atoms with Crippen LogP contribution >= 0.6 is 0 Å². The van der Waals surface area contributed by atoms with Gasteiger partial charge in [0.2, 0.25) is 0 Å². The standard InChI is InChI=1S/C29H36N2O6/c1-27(2,3)36-25(34)21-19(13-14-30-23(32)17-11-9-10-12-18(17)24(30)33)31-16-29(7,8)15-20(31)22(21)26(35)37-28(4,5)6/h9-12H,13-16H2,1-8H3. The second-order valence-corrected chi connectivity index (χ2v) is 12.6. The number of rotatable bonds is 5. The van der Waals surface area contributed by atoms with Gasteiger partial charge in [0, 0.05) is 30.9 Å². The van der Waals surface area contributed by atoms with Gasteiger partial charge < -0.3 is 14.0 Å². The van der Waals surface area contributed by atoms with Crippen molar-refractivity contribution in [2.45, 2.75) is 86.0 Å². The van der Waals surface area contributed by atoms with Gasteiger partial charge in [-0.3, -0.25) is 14.5 Å².